The largest absolute Gasteiger partial charge is 0.478 e. The van der Waals surface area contributed by atoms with E-state index in [1.54, 1.807) is 31.1 Å². The Bertz CT molecular complexity index is 540. The molecule has 0 spiro atoms. The fourth-order valence-corrected chi connectivity index (χ4v) is 2.22. The second-order valence-corrected chi connectivity index (χ2v) is 5.13. The number of anilines is 1. The Morgan fingerprint density at radius 1 is 1.43 bits per heavy atom. The molecule has 6 heteroatoms. The van der Waals surface area contributed by atoms with Crippen LogP contribution >= 0.6 is 0 Å². The maximum atomic E-state index is 12.3. The van der Waals surface area contributed by atoms with Gasteiger partial charge in [-0.25, -0.2) is 9.59 Å². The van der Waals surface area contributed by atoms with Crippen molar-refractivity contribution in [2.75, 3.05) is 25.6 Å². The summed E-state index contributed by atoms with van der Waals surface area (Å²) in [5.74, 6) is -0.998. The van der Waals surface area contributed by atoms with Crippen LogP contribution in [0, 0.1) is 6.92 Å². The standard InChI is InChI=1S/C15H20N2O4/c1-10-12(14(18)19)4-3-5-13(10)16-15(20)17(8-9-21-2)11-6-7-11/h3-5,11H,6-9H2,1-2H3,(H,16,20)(H,18,19). The van der Waals surface area contributed by atoms with E-state index in [1.807, 2.05) is 0 Å². The maximum absolute atomic E-state index is 12.3. The molecule has 1 saturated carbocycles. The number of urea groups is 1. The van der Waals surface area contributed by atoms with E-state index in [9.17, 15) is 9.59 Å². The third-order valence-corrected chi connectivity index (χ3v) is 3.59. The van der Waals surface area contributed by atoms with Crippen molar-refractivity contribution in [2.45, 2.75) is 25.8 Å². The van der Waals surface area contributed by atoms with Gasteiger partial charge >= 0.3 is 12.0 Å². The van der Waals surface area contributed by atoms with E-state index < -0.39 is 5.97 Å². The highest BCUT2D eigenvalue weighted by Gasteiger charge is 2.32. The summed E-state index contributed by atoms with van der Waals surface area (Å²) >= 11 is 0. The van der Waals surface area contributed by atoms with E-state index in [0.29, 0.717) is 24.4 Å². The Morgan fingerprint density at radius 2 is 2.14 bits per heavy atom. The number of methoxy groups -OCH3 is 1. The predicted octanol–water partition coefficient (Wildman–Crippen LogP) is 2.34. The normalized spacial score (nSPS) is 13.8. The van der Waals surface area contributed by atoms with Crippen LogP contribution in [-0.2, 0) is 4.74 Å². The molecular weight excluding hydrogens is 272 g/mol. The van der Waals surface area contributed by atoms with Gasteiger partial charge in [0.15, 0.2) is 0 Å². The molecule has 0 bridgehead atoms. The Labute approximate surface area is 123 Å². The molecule has 1 aromatic carbocycles. The zero-order valence-electron chi connectivity index (χ0n) is 12.3. The summed E-state index contributed by atoms with van der Waals surface area (Å²) in [6, 6.07) is 4.92. The molecule has 2 N–H and O–H groups in total. The second kappa shape index (κ2) is 6.58. The van der Waals surface area contributed by atoms with Crippen molar-refractivity contribution < 1.29 is 19.4 Å². The number of amides is 2. The van der Waals surface area contributed by atoms with E-state index in [1.165, 1.54) is 6.07 Å². The Balaban J connectivity index is 2.11. The van der Waals surface area contributed by atoms with Crippen LogP contribution in [0.15, 0.2) is 18.2 Å². The summed E-state index contributed by atoms with van der Waals surface area (Å²) in [4.78, 5) is 25.2. The molecule has 2 amide bonds. The molecule has 1 aliphatic carbocycles. The summed E-state index contributed by atoms with van der Waals surface area (Å²) in [5.41, 5.74) is 1.28. The van der Waals surface area contributed by atoms with Crippen molar-refractivity contribution in [2.24, 2.45) is 0 Å². The van der Waals surface area contributed by atoms with Crippen molar-refractivity contribution in [1.29, 1.82) is 0 Å². The molecule has 0 aromatic heterocycles. The number of carbonyl (C=O) groups excluding carboxylic acids is 1. The molecule has 2 rings (SSSR count). The lowest BCUT2D eigenvalue weighted by atomic mass is 10.1. The van der Waals surface area contributed by atoms with Gasteiger partial charge in [-0.2, -0.15) is 0 Å². The van der Waals surface area contributed by atoms with Crippen LogP contribution in [0.3, 0.4) is 0 Å². The highest BCUT2D eigenvalue weighted by molar-refractivity contribution is 5.95. The maximum Gasteiger partial charge on any atom is 0.336 e. The first kappa shape index (κ1) is 15.3. The minimum absolute atomic E-state index is 0.197. The molecule has 1 fully saturated rings. The van der Waals surface area contributed by atoms with Crippen LogP contribution in [0.25, 0.3) is 0 Å². The summed E-state index contributed by atoms with van der Waals surface area (Å²) in [7, 11) is 1.60. The van der Waals surface area contributed by atoms with Crippen LogP contribution < -0.4 is 5.32 Å². The Hall–Kier alpha value is -2.08. The quantitative estimate of drug-likeness (QED) is 0.843. The minimum atomic E-state index is -0.998. The molecule has 0 aliphatic heterocycles. The van der Waals surface area contributed by atoms with Gasteiger partial charge in [0.2, 0.25) is 0 Å². The monoisotopic (exact) mass is 292 g/mol. The molecule has 6 nitrogen and oxygen atoms in total. The van der Waals surface area contributed by atoms with E-state index >= 15 is 0 Å². The van der Waals surface area contributed by atoms with Crippen molar-refractivity contribution in [3.63, 3.8) is 0 Å². The number of hydrogen-bond donors (Lipinski definition) is 2. The fraction of sp³-hybridized carbons (Fsp3) is 0.467. The van der Waals surface area contributed by atoms with Gasteiger partial charge in [0.25, 0.3) is 0 Å². The summed E-state index contributed by atoms with van der Waals surface area (Å²) in [6.07, 6.45) is 2.01. The number of benzene rings is 1. The summed E-state index contributed by atoms with van der Waals surface area (Å²) < 4.78 is 5.03. The van der Waals surface area contributed by atoms with Gasteiger partial charge < -0.3 is 20.1 Å². The van der Waals surface area contributed by atoms with Crippen molar-refractivity contribution >= 4 is 17.7 Å². The van der Waals surface area contributed by atoms with Crippen LogP contribution in [-0.4, -0.2) is 48.3 Å². The van der Waals surface area contributed by atoms with E-state index in [2.05, 4.69) is 5.32 Å². The first-order chi connectivity index (χ1) is 10.0. The molecule has 21 heavy (non-hydrogen) atoms. The zero-order chi connectivity index (χ0) is 15.4. The number of ether oxygens (including phenoxy) is 1. The molecule has 0 atom stereocenters. The predicted molar refractivity (Wildman–Crippen MR) is 78.8 cm³/mol. The molecule has 0 saturated heterocycles. The average molecular weight is 292 g/mol. The van der Waals surface area contributed by atoms with Gasteiger partial charge in [-0.15, -0.1) is 0 Å². The smallest absolute Gasteiger partial charge is 0.336 e. The third-order valence-electron chi connectivity index (χ3n) is 3.59. The van der Waals surface area contributed by atoms with Gasteiger partial charge in [0, 0.05) is 25.4 Å². The van der Waals surface area contributed by atoms with Crippen LogP contribution in [0.2, 0.25) is 0 Å². The van der Waals surface area contributed by atoms with Crippen molar-refractivity contribution in [1.82, 2.24) is 4.90 Å². The number of carboxylic acids is 1. The van der Waals surface area contributed by atoms with Gasteiger partial charge in [0.1, 0.15) is 0 Å². The lowest BCUT2D eigenvalue weighted by molar-refractivity contribution is 0.0696. The highest BCUT2D eigenvalue weighted by Crippen LogP contribution is 2.28. The SMILES string of the molecule is COCCN(C(=O)Nc1cccc(C(=O)O)c1C)C1CC1. The summed E-state index contributed by atoms with van der Waals surface area (Å²) in [6.45, 7) is 2.71. The number of carboxylic acid groups (broad SMARTS) is 1. The number of nitrogens with zero attached hydrogens (tertiary/aromatic N) is 1. The third kappa shape index (κ3) is 3.72. The topological polar surface area (TPSA) is 78.9 Å². The van der Waals surface area contributed by atoms with Crippen molar-refractivity contribution in [3.05, 3.63) is 29.3 Å². The first-order valence-electron chi connectivity index (χ1n) is 6.94. The molecule has 0 heterocycles. The van der Waals surface area contributed by atoms with E-state index in [-0.39, 0.29) is 17.6 Å². The van der Waals surface area contributed by atoms with Crippen LogP contribution in [0.4, 0.5) is 10.5 Å². The van der Waals surface area contributed by atoms with Gasteiger partial charge in [-0.05, 0) is 37.5 Å². The van der Waals surface area contributed by atoms with Crippen LogP contribution in [0.1, 0.15) is 28.8 Å². The molecule has 1 aliphatic rings. The number of hydrogen-bond acceptors (Lipinski definition) is 3. The molecule has 1 aromatic rings. The lowest BCUT2D eigenvalue weighted by Gasteiger charge is -2.23. The van der Waals surface area contributed by atoms with E-state index in [0.717, 1.165) is 12.8 Å². The van der Waals surface area contributed by atoms with Gasteiger partial charge in [-0.3, -0.25) is 0 Å². The Kier molecular flexibility index (Phi) is 4.80. The Morgan fingerprint density at radius 3 is 2.71 bits per heavy atom. The lowest BCUT2D eigenvalue weighted by Crippen LogP contribution is -2.39. The molecule has 114 valence electrons. The highest BCUT2D eigenvalue weighted by atomic mass is 16.5. The van der Waals surface area contributed by atoms with Gasteiger partial charge in [-0.1, -0.05) is 6.07 Å². The number of nitrogens with one attached hydrogen (secondary N) is 1. The van der Waals surface area contributed by atoms with Gasteiger partial charge in [0.05, 0.1) is 12.2 Å². The molecular formula is C15H20N2O4. The second-order valence-electron chi connectivity index (χ2n) is 5.13. The number of aromatic carboxylic acids is 1. The molecule has 0 radical (unpaired) electrons. The number of carbonyl (C=O) groups is 2. The minimum Gasteiger partial charge on any atom is -0.478 e. The van der Waals surface area contributed by atoms with Crippen molar-refractivity contribution in [3.8, 4) is 0 Å². The fourth-order valence-electron chi connectivity index (χ4n) is 2.22. The average Bonchev–Trinajstić information content (AvgIpc) is 3.26. The zero-order valence-corrected chi connectivity index (χ0v) is 12.3. The number of rotatable bonds is 6. The van der Waals surface area contributed by atoms with E-state index in [4.69, 9.17) is 9.84 Å². The first-order valence-corrected chi connectivity index (χ1v) is 6.94. The van der Waals surface area contributed by atoms with Crippen LogP contribution in [0.5, 0.6) is 0 Å². The molecule has 0 unspecified atom stereocenters. The summed E-state index contributed by atoms with van der Waals surface area (Å²) in [5, 5.41) is 11.9.